The van der Waals surface area contributed by atoms with Crippen LogP contribution in [0, 0.1) is 5.92 Å². The molecule has 0 spiro atoms. The van der Waals surface area contributed by atoms with Crippen molar-refractivity contribution < 1.29 is 14.4 Å². The van der Waals surface area contributed by atoms with Gasteiger partial charge in [-0.15, -0.1) is 0 Å². The van der Waals surface area contributed by atoms with E-state index in [0.29, 0.717) is 12.4 Å². The zero-order valence-corrected chi connectivity index (χ0v) is 13.9. The van der Waals surface area contributed by atoms with E-state index in [4.69, 9.17) is 4.52 Å². The van der Waals surface area contributed by atoms with E-state index in [0.717, 1.165) is 31.4 Å². The van der Waals surface area contributed by atoms with Gasteiger partial charge in [-0.2, -0.15) is 0 Å². The number of aromatic nitrogens is 1. The Morgan fingerprint density at radius 2 is 2.14 bits per heavy atom. The minimum absolute atomic E-state index is 0.145. The second-order valence-electron chi connectivity index (χ2n) is 7.25. The van der Waals surface area contributed by atoms with Crippen molar-refractivity contribution in [1.82, 2.24) is 10.1 Å². The van der Waals surface area contributed by atoms with Gasteiger partial charge in [-0.05, 0) is 12.8 Å². The first-order valence-corrected chi connectivity index (χ1v) is 7.95. The summed E-state index contributed by atoms with van der Waals surface area (Å²) < 4.78 is 5.25. The van der Waals surface area contributed by atoms with Crippen LogP contribution in [0.2, 0.25) is 0 Å². The highest BCUT2D eigenvalue weighted by Gasteiger charge is 2.26. The summed E-state index contributed by atoms with van der Waals surface area (Å²) >= 11 is 0. The molecule has 1 aromatic rings. The lowest BCUT2D eigenvalue weighted by atomic mass is 9.86. The van der Waals surface area contributed by atoms with Gasteiger partial charge in [0.1, 0.15) is 5.76 Å². The van der Waals surface area contributed by atoms with Crippen molar-refractivity contribution in [3.63, 3.8) is 0 Å². The summed E-state index contributed by atoms with van der Waals surface area (Å²) in [5.41, 5.74) is -0.145. The first-order valence-electron chi connectivity index (χ1n) is 7.95. The Hall–Kier alpha value is -1.56. The third-order valence-electron chi connectivity index (χ3n) is 4.21. The van der Waals surface area contributed by atoms with Crippen LogP contribution in [-0.2, 0) is 5.41 Å². The number of rotatable bonds is 3. The smallest absolute Gasteiger partial charge is 0.322 e. The van der Waals surface area contributed by atoms with Gasteiger partial charge in [-0.25, -0.2) is 4.79 Å². The number of hydrogen-bond donors (Lipinski definition) is 2. The molecular formula is C16H27N3O3. The van der Waals surface area contributed by atoms with Crippen molar-refractivity contribution in [1.29, 1.82) is 0 Å². The van der Waals surface area contributed by atoms with Gasteiger partial charge in [0.2, 0.25) is 0 Å². The maximum Gasteiger partial charge on any atom is 0.322 e. The minimum atomic E-state index is -0.302. The van der Waals surface area contributed by atoms with E-state index in [1.807, 2.05) is 20.8 Å². The normalized spacial score (nSPS) is 22.4. The van der Waals surface area contributed by atoms with Crippen LogP contribution in [0.1, 0.15) is 52.2 Å². The summed E-state index contributed by atoms with van der Waals surface area (Å²) in [6.45, 7) is 6.62. The highest BCUT2D eigenvalue weighted by molar-refractivity contribution is 5.88. The van der Waals surface area contributed by atoms with Gasteiger partial charge in [-0.1, -0.05) is 38.8 Å². The molecule has 2 N–H and O–H groups in total. The molecule has 2 rings (SSSR count). The predicted octanol–water partition coefficient (Wildman–Crippen LogP) is 2.99. The van der Waals surface area contributed by atoms with Gasteiger partial charge in [-0.3, -0.25) is 5.32 Å². The van der Waals surface area contributed by atoms with E-state index < -0.39 is 0 Å². The van der Waals surface area contributed by atoms with E-state index in [2.05, 4.69) is 10.5 Å². The zero-order valence-electron chi connectivity index (χ0n) is 13.9. The molecular weight excluding hydrogens is 282 g/mol. The predicted molar refractivity (Wildman–Crippen MR) is 84.8 cm³/mol. The van der Waals surface area contributed by atoms with E-state index in [1.165, 1.54) is 0 Å². The Kier molecular flexibility index (Phi) is 5.11. The van der Waals surface area contributed by atoms with Gasteiger partial charge in [0, 0.05) is 31.0 Å². The summed E-state index contributed by atoms with van der Waals surface area (Å²) in [5.74, 6) is 1.31. The Bertz CT molecular complexity index is 507. The maximum atomic E-state index is 12.2. The van der Waals surface area contributed by atoms with Crippen molar-refractivity contribution in [2.45, 2.75) is 58.0 Å². The third kappa shape index (κ3) is 4.22. The quantitative estimate of drug-likeness (QED) is 0.899. The number of urea groups is 1. The molecule has 2 amide bonds. The summed E-state index contributed by atoms with van der Waals surface area (Å²) in [6, 6.07) is 1.52. The fourth-order valence-electron chi connectivity index (χ4n) is 2.73. The SMILES string of the molecule is CN(CC1CCCCC1O)C(=O)Nc1cc(C(C)(C)C)on1. The average molecular weight is 309 g/mol. The van der Waals surface area contributed by atoms with Crippen LogP contribution < -0.4 is 5.32 Å². The van der Waals surface area contributed by atoms with Crippen molar-refractivity contribution in [2.24, 2.45) is 5.92 Å². The van der Waals surface area contributed by atoms with Gasteiger partial charge in [0.25, 0.3) is 0 Å². The average Bonchev–Trinajstić information content (AvgIpc) is 2.89. The molecule has 1 saturated carbocycles. The molecule has 2 unspecified atom stereocenters. The van der Waals surface area contributed by atoms with Crippen molar-refractivity contribution in [3.05, 3.63) is 11.8 Å². The maximum absolute atomic E-state index is 12.2. The topological polar surface area (TPSA) is 78.6 Å². The largest absolute Gasteiger partial charge is 0.393 e. The van der Waals surface area contributed by atoms with Crippen molar-refractivity contribution >= 4 is 11.8 Å². The minimum Gasteiger partial charge on any atom is -0.393 e. The first kappa shape index (κ1) is 16.8. The molecule has 0 aliphatic heterocycles. The van der Waals surface area contributed by atoms with E-state index in [1.54, 1.807) is 18.0 Å². The molecule has 1 aliphatic rings. The third-order valence-corrected chi connectivity index (χ3v) is 4.21. The van der Waals surface area contributed by atoms with Crippen LogP contribution in [0.25, 0.3) is 0 Å². The molecule has 124 valence electrons. The van der Waals surface area contributed by atoms with Crippen LogP contribution >= 0.6 is 0 Å². The van der Waals surface area contributed by atoms with Gasteiger partial charge in [0.05, 0.1) is 6.10 Å². The number of carbonyl (C=O) groups excluding carboxylic acids is 1. The monoisotopic (exact) mass is 309 g/mol. The molecule has 6 nitrogen and oxygen atoms in total. The molecule has 0 radical (unpaired) electrons. The van der Waals surface area contributed by atoms with Gasteiger partial charge >= 0.3 is 6.03 Å². The lowest BCUT2D eigenvalue weighted by molar-refractivity contribution is 0.0575. The van der Waals surface area contributed by atoms with Gasteiger partial charge < -0.3 is 14.5 Å². The van der Waals surface area contributed by atoms with E-state index >= 15 is 0 Å². The summed E-state index contributed by atoms with van der Waals surface area (Å²) in [6.07, 6.45) is 3.69. The van der Waals surface area contributed by atoms with Crippen LogP contribution in [0.5, 0.6) is 0 Å². The highest BCUT2D eigenvalue weighted by atomic mass is 16.5. The Balaban J connectivity index is 1.89. The molecule has 1 aromatic heterocycles. The molecule has 0 bridgehead atoms. The van der Waals surface area contributed by atoms with Crippen LogP contribution in [-0.4, -0.2) is 40.9 Å². The molecule has 6 heteroatoms. The Labute approximate surface area is 131 Å². The fourth-order valence-corrected chi connectivity index (χ4v) is 2.73. The Morgan fingerprint density at radius 1 is 1.45 bits per heavy atom. The second-order valence-corrected chi connectivity index (χ2v) is 7.25. The number of amides is 2. The molecule has 0 saturated heterocycles. The first-order chi connectivity index (χ1) is 10.3. The van der Waals surface area contributed by atoms with Crippen molar-refractivity contribution in [3.8, 4) is 0 Å². The number of nitrogens with zero attached hydrogens (tertiary/aromatic N) is 2. The van der Waals surface area contributed by atoms with Crippen LogP contribution in [0.4, 0.5) is 10.6 Å². The van der Waals surface area contributed by atoms with E-state index in [-0.39, 0.29) is 23.5 Å². The summed E-state index contributed by atoms with van der Waals surface area (Å²) in [7, 11) is 1.74. The lowest BCUT2D eigenvalue weighted by Gasteiger charge is -2.31. The Morgan fingerprint density at radius 3 is 2.73 bits per heavy atom. The van der Waals surface area contributed by atoms with Crippen LogP contribution in [0.3, 0.4) is 0 Å². The lowest BCUT2D eigenvalue weighted by Crippen LogP contribution is -2.40. The van der Waals surface area contributed by atoms with Crippen LogP contribution in [0.15, 0.2) is 10.6 Å². The number of anilines is 1. The molecule has 1 heterocycles. The van der Waals surface area contributed by atoms with E-state index in [9.17, 15) is 9.90 Å². The molecule has 2 atom stereocenters. The summed E-state index contributed by atoms with van der Waals surface area (Å²) in [4.78, 5) is 13.8. The molecule has 1 fully saturated rings. The molecule has 22 heavy (non-hydrogen) atoms. The van der Waals surface area contributed by atoms with Gasteiger partial charge in [0.15, 0.2) is 5.82 Å². The number of aliphatic hydroxyl groups is 1. The number of nitrogens with one attached hydrogen (secondary N) is 1. The number of carbonyl (C=O) groups is 1. The fraction of sp³-hybridized carbons (Fsp3) is 0.750. The molecule has 0 aromatic carbocycles. The number of hydrogen-bond acceptors (Lipinski definition) is 4. The zero-order chi connectivity index (χ0) is 16.3. The standard InChI is InChI=1S/C16H27N3O3/c1-16(2,3)13-9-14(18-22-13)17-15(21)19(4)10-11-7-5-6-8-12(11)20/h9,11-12,20H,5-8,10H2,1-4H3,(H,17,18,21). The highest BCUT2D eigenvalue weighted by Crippen LogP contribution is 2.26. The second kappa shape index (κ2) is 6.69. The molecule has 1 aliphatic carbocycles. The van der Waals surface area contributed by atoms with Crippen molar-refractivity contribution in [2.75, 3.05) is 18.9 Å². The summed E-state index contributed by atoms with van der Waals surface area (Å²) in [5, 5.41) is 16.6. The number of aliphatic hydroxyl groups excluding tert-OH is 1.